The minimum Gasteiger partial charge on any atom is -0.493 e. The Balaban J connectivity index is 1.56. The zero-order valence-electron chi connectivity index (χ0n) is 24.3. The number of hydrazine groups is 1. The van der Waals surface area contributed by atoms with Gasteiger partial charge in [0.2, 0.25) is 5.75 Å². The number of methoxy groups -OCH3 is 2. The summed E-state index contributed by atoms with van der Waals surface area (Å²) < 4.78 is 22.8. The number of hydrogen-bond donors (Lipinski definition) is 2. The second-order valence-corrected chi connectivity index (χ2v) is 10.4. The highest BCUT2D eigenvalue weighted by molar-refractivity contribution is 5.98. The minimum absolute atomic E-state index is 0.0136. The van der Waals surface area contributed by atoms with Crippen molar-refractivity contribution in [2.45, 2.75) is 38.1 Å². The van der Waals surface area contributed by atoms with Gasteiger partial charge in [0.25, 0.3) is 0 Å². The van der Waals surface area contributed by atoms with Crippen molar-refractivity contribution in [3.8, 4) is 17.2 Å². The lowest BCUT2D eigenvalue weighted by molar-refractivity contribution is 0.0487. The standard InChI is InChI=1S/C30H44N6O5/c1-38-26-21-24-22-27(28(26)39-2)40-19-6-11-25(36(32)29(33-31)23-9-4-3-5-10-23)12-16-35-14-7-13-34(17-18-35)15-8-20-41-30(24)37/h3-5,9-10,21-22,25H,6-8,11-20,31-32H2,1-2H3/b33-29-. The number of nitrogens with zero attached hydrogens (tertiary/aromatic N) is 4. The van der Waals surface area contributed by atoms with E-state index in [-0.39, 0.29) is 6.04 Å². The van der Waals surface area contributed by atoms with E-state index in [0.717, 1.165) is 70.5 Å². The summed E-state index contributed by atoms with van der Waals surface area (Å²) in [4.78, 5) is 17.8. The molecular weight excluding hydrogens is 524 g/mol. The van der Waals surface area contributed by atoms with Gasteiger partial charge in [-0.25, -0.2) is 10.6 Å². The zero-order chi connectivity index (χ0) is 29.0. The summed E-state index contributed by atoms with van der Waals surface area (Å²) in [5, 5.41) is 5.77. The highest BCUT2D eigenvalue weighted by Gasteiger charge is 2.24. The molecule has 2 aromatic carbocycles. The van der Waals surface area contributed by atoms with E-state index in [9.17, 15) is 4.79 Å². The fraction of sp³-hybridized carbons (Fsp3) is 0.533. The topological polar surface area (TPSA) is 128 Å². The molecule has 0 saturated carbocycles. The van der Waals surface area contributed by atoms with Crippen LogP contribution in [0.3, 0.4) is 0 Å². The summed E-state index contributed by atoms with van der Waals surface area (Å²) in [5.74, 6) is 14.0. The molecule has 4 N–H and O–H groups in total. The number of fused-ring (bicyclic) bond motifs is 5. The number of hydrazone groups is 1. The molecule has 2 aliphatic heterocycles. The van der Waals surface area contributed by atoms with Gasteiger partial charge in [-0.1, -0.05) is 30.3 Å². The number of nitrogens with two attached hydrogens (primary N) is 2. The van der Waals surface area contributed by atoms with Crippen molar-refractivity contribution in [3.05, 3.63) is 53.6 Å². The molecule has 0 radical (unpaired) electrons. The van der Waals surface area contributed by atoms with Gasteiger partial charge in [0.1, 0.15) is 0 Å². The van der Waals surface area contributed by atoms with E-state index in [1.807, 2.05) is 30.3 Å². The first-order valence-corrected chi connectivity index (χ1v) is 14.4. The van der Waals surface area contributed by atoms with Crippen molar-refractivity contribution in [1.29, 1.82) is 0 Å². The summed E-state index contributed by atoms with van der Waals surface area (Å²) >= 11 is 0. The second kappa shape index (κ2) is 15.5. The molecule has 2 aromatic rings. The van der Waals surface area contributed by atoms with Crippen LogP contribution in [0, 0.1) is 0 Å². The van der Waals surface area contributed by atoms with E-state index in [4.69, 9.17) is 30.6 Å². The molecule has 0 aromatic heterocycles. The molecule has 3 unspecified atom stereocenters. The lowest BCUT2D eigenvalue weighted by Gasteiger charge is -2.32. The number of rotatable bonds is 4. The van der Waals surface area contributed by atoms with Crippen LogP contribution in [-0.4, -0.2) is 99.4 Å². The van der Waals surface area contributed by atoms with E-state index < -0.39 is 5.97 Å². The smallest absolute Gasteiger partial charge is 0.338 e. The second-order valence-electron chi connectivity index (χ2n) is 10.4. The summed E-state index contributed by atoms with van der Waals surface area (Å²) in [6.07, 6.45) is 4.19. The van der Waals surface area contributed by atoms with Crippen molar-refractivity contribution in [2.75, 3.05) is 66.7 Å². The van der Waals surface area contributed by atoms with Crippen LogP contribution in [0.5, 0.6) is 17.2 Å². The Morgan fingerprint density at radius 1 is 0.902 bits per heavy atom. The number of esters is 1. The number of cyclic esters (lactones) is 1. The highest BCUT2D eigenvalue weighted by Crippen LogP contribution is 2.39. The Kier molecular flexibility index (Phi) is 11.5. The van der Waals surface area contributed by atoms with Gasteiger partial charge in [-0.05, 0) is 57.3 Å². The van der Waals surface area contributed by atoms with Gasteiger partial charge in [0.05, 0.1) is 33.0 Å². The molecule has 2 aliphatic rings. The molecule has 11 heteroatoms. The van der Waals surface area contributed by atoms with Crippen LogP contribution in [0.15, 0.2) is 47.6 Å². The molecule has 3 atom stereocenters. The van der Waals surface area contributed by atoms with Gasteiger partial charge in [0.15, 0.2) is 17.3 Å². The lowest BCUT2D eigenvalue weighted by Crippen LogP contribution is -2.48. The molecule has 41 heavy (non-hydrogen) atoms. The molecule has 1 saturated heterocycles. The van der Waals surface area contributed by atoms with Crippen LogP contribution in [0.25, 0.3) is 0 Å². The predicted octanol–water partition coefficient (Wildman–Crippen LogP) is 2.69. The number of ether oxygens (including phenoxy) is 4. The number of carbonyl (C=O) groups excluding carboxylic acids is 1. The molecule has 4 rings (SSSR count). The average Bonchev–Trinajstić information content (AvgIpc) is 3.23. The third-order valence-electron chi connectivity index (χ3n) is 7.72. The summed E-state index contributed by atoms with van der Waals surface area (Å²) in [7, 11) is 3.08. The van der Waals surface area contributed by atoms with E-state index in [2.05, 4.69) is 14.9 Å². The molecular formula is C30H44N6O5. The van der Waals surface area contributed by atoms with Crippen molar-refractivity contribution in [2.24, 2.45) is 16.8 Å². The Hall–Kier alpha value is -3.54. The Morgan fingerprint density at radius 3 is 2.32 bits per heavy atom. The van der Waals surface area contributed by atoms with Gasteiger partial charge in [-0.15, -0.1) is 0 Å². The third kappa shape index (κ3) is 8.25. The number of amidine groups is 1. The predicted molar refractivity (Wildman–Crippen MR) is 158 cm³/mol. The number of carbonyl (C=O) groups is 1. The average molecular weight is 569 g/mol. The first-order valence-electron chi connectivity index (χ1n) is 14.4. The first-order chi connectivity index (χ1) is 20.0. The minimum atomic E-state index is -0.413. The maximum atomic E-state index is 12.9. The van der Waals surface area contributed by atoms with Gasteiger partial charge >= 0.3 is 5.97 Å². The lowest BCUT2D eigenvalue weighted by atomic mass is 10.1. The Labute approximate surface area is 242 Å². The van der Waals surface area contributed by atoms with Gasteiger partial charge in [-0.2, -0.15) is 5.10 Å². The van der Waals surface area contributed by atoms with E-state index in [1.54, 1.807) is 24.3 Å². The summed E-state index contributed by atoms with van der Waals surface area (Å²) in [6.45, 7) is 6.59. The fourth-order valence-electron chi connectivity index (χ4n) is 5.47. The van der Waals surface area contributed by atoms with Crippen LogP contribution in [0.1, 0.15) is 48.0 Å². The van der Waals surface area contributed by atoms with Crippen LogP contribution in [0.2, 0.25) is 0 Å². The summed E-state index contributed by atoms with van der Waals surface area (Å²) in [6, 6.07) is 13.0. The third-order valence-corrected chi connectivity index (χ3v) is 7.72. The Morgan fingerprint density at radius 2 is 1.61 bits per heavy atom. The normalized spacial score (nSPS) is 23.1. The van der Waals surface area contributed by atoms with E-state index in [1.165, 1.54) is 7.11 Å². The molecule has 0 amide bonds. The highest BCUT2D eigenvalue weighted by atomic mass is 16.5. The van der Waals surface area contributed by atoms with E-state index in [0.29, 0.717) is 48.3 Å². The van der Waals surface area contributed by atoms with E-state index >= 15 is 0 Å². The van der Waals surface area contributed by atoms with Crippen LogP contribution < -0.4 is 25.9 Å². The largest absolute Gasteiger partial charge is 0.493 e. The number of hydrogen-bond acceptors (Lipinski definition) is 10. The van der Waals surface area contributed by atoms with Gasteiger partial charge in [-0.3, -0.25) is 5.01 Å². The van der Waals surface area contributed by atoms with Crippen molar-refractivity contribution in [1.82, 2.24) is 14.8 Å². The molecule has 2 heterocycles. The molecule has 1 fully saturated rings. The quantitative estimate of drug-likeness (QED) is 0.187. The van der Waals surface area contributed by atoms with Crippen LogP contribution in [0.4, 0.5) is 0 Å². The molecule has 0 aliphatic carbocycles. The zero-order valence-corrected chi connectivity index (χ0v) is 24.3. The van der Waals surface area contributed by atoms with Crippen LogP contribution in [-0.2, 0) is 4.74 Å². The van der Waals surface area contributed by atoms with Crippen molar-refractivity contribution < 1.29 is 23.7 Å². The molecule has 4 bridgehead atoms. The molecule has 0 spiro atoms. The van der Waals surface area contributed by atoms with Gasteiger partial charge < -0.3 is 34.6 Å². The maximum Gasteiger partial charge on any atom is 0.338 e. The number of benzene rings is 2. The van der Waals surface area contributed by atoms with Crippen LogP contribution >= 0.6 is 0 Å². The van der Waals surface area contributed by atoms with Crippen molar-refractivity contribution in [3.63, 3.8) is 0 Å². The fourth-order valence-corrected chi connectivity index (χ4v) is 5.47. The summed E-state index contributed by atoms with van der Waals surface area (Å²) in [5.41, 5.74) is 1.23. The molecule has 224 valence electrons. The first kappa shape index (κ1) is 30.4. The van der Waals surface area contributed by atoms with Crippen molar-refractivity contribution >= 4 is 11.8 Å². The maximum absolute atomic E-state index is 12.9. The SMILES string of the molecule is COc1cc2cc(c1OC)OCCCC(N(N)/C(=N\N)c1ccccc1)CCN1CCCN(CCCOC2=O)CC1. The van der Waals surface area contributed by atoms with Gasteiger partial charge in [0, 0.05) is 37.8 Å². The monoisotopic (exact) mass is 568 g/mol. The Bertz CT molecular complexity index is 1150. The molecule has 11 nitrogen and oxygen atoms in total.